The SMILES string of the molecule is CCC[C@H](CC(=O)[C@@H]1C[C@@]2(CN1C(=O)[C@@H](CC(=O)[C@@H](NC(=O)[C@H]1CCCCN1C(C)C)C(C)(C)C)C(C)(C)C)C(C)(C)C21CCC1)C(=O)C(=O)CC1CC1. The molecule has 6 atom stereocenters. The van der Waals surface area contributed by atoms with Gasteiger partial charge in [-0.2, -0.15) is 0 Å². The molecule has 5 fully saturated rings. The van der Waals surface area contributed by atoms with E-state index in [0.717, 1.165) is 57.9 Å². The van der Waals surface area contributed by atoms with Crippen LogP contribution in [-0.2, 0) is 28.8 Å². The molecule has 5 rings (SSSR count). The van der Waals surface area contributed by atoms with Crippen LogP contribution >= 0.6 is 0 Å². The van der Waals surface area contributed by atoms with E-state index in [1.165, 1.54) is 0 Å². The molecule has 2 heterocycles. The molecule has 2 aliphatic heterocycles. The Morgan fingerprint density at radius 2 is 1.46 bits per heavy atom. The number of carbonyl (C=O) groups is 6. The molecule has 0 aromatic heterocycles. The fourth-order valence-electron chi connectivity index (χ4n) is 11.2. The fraction of sp³-hybridized carbons (Fsp3) is 0.867. The Morgan fingerprint density at radius 1 is 0.815 bits per heavy atom. The number of nitrogens with zero attached hydrogens (tertiary/aromatic N) is 2. The van der Waals surface area contributed by atoms with Gasteiger partial charge in [0.25, 0.3) is 0 Å². The van der Waals surface area contributed by atoms with Crippen LogP contribution in [0.1, 0.15) is 166 Å². The number of likely N-dealkylation sites (tertiary alicyclic amines) is 2. The first-order chi connectivity index (χ1) is 25.0. The molecule has 0 radical (unpaired) electrons. The normalized spacial score (nSPS) is 28.0. The zero-order valence-electron chi connectivity index (χ0n) is 35.7. The van der Waals surface area contributed by atoms with Gasteiger partial charge in [0, 0.05) is 49.1 Å². The lowest BCUT2D eigenvalue weighted by atomic mass is 9.73. The maximum Gasteiger partial charge on any atom is 0.237 e. The first kappa shape index (κ1) is 42.7. The predicted molar refractivity (Wildman–Crippen MR) is 211 cm³/mol. The van der Waals surface area contributed by atoms with Crippen LogP contribution < -0.4 is 5.32 Å². The van der Waals surface area contributed by atoms with Crippen molar-refractivity contribution in [2.45, 2.75) is 190 Å². The maximum absolute atomic E-state index is 15.1. The molecular formula is C45H73N3O6. The minimum absolute atomic E-state index is 0.0349. The molecule has 3 aliphatic carbocycles. The molecule has 0 unspecified atom stereocenters. The quantitative estimate of drug-likeness (QED) is 0.162. The van der Waals surface area contributed by atoms with Gasteiger partial charge in [0.15, 0.2) is 17.3 Å². The van der Waals surface area contributed by atoms with Crippen molar-refractivity contribution >= 4 is 34.9 Å². The minimum Gasteiger partial charge on any atom is -0.344 e. The lowest BCUT2D eigenvalue weighted by Gasteiger charge is -2.40. The molecule has 0 bridgehead atoms. The number of nitrogens with one attached hydrogen (secondary N) is 1. The van der Waals surface area contributed by atoms with E-state index in [1.807, 2.05) is 48.5 Å². The molecule has 54 heavy (non-hydrogen) atoms. The molecule has 5 aliphatic rings. The first-order valence-corrected chi connectivity index (χ1v) is 21.5. The summed E-state index contributed by atoms with van der Waals surface area (Å²) >= 11 is 0. The number of rotatable bonds is 16. The van der Waals surface area contributed by atoms with Crippen molar-refractivity contribution in [2.75, 3.05) is 13.1 Å². The monoisotopic (exact) mass is 752 g/mol. The summed E-state index contributed by atoms with van der Waals surface area (Å²) in [6, 6.07) is -1.57. The summed E-state index contributed by atoms with van der Waals surface area (Å²) in [5, 5.41) is 3.16. The van der Waals surface area contributed by atoms with Crippen molar-refractivity contribution in [1.29, 1.82) is 0 Å². The third kappa shape index (κ3) is 7.92. The highest BCUT2D eigenvalue weighted by molar-refractivity contribution is 6.38. The smallest absolute Gasteiger partial charge is 0.237 e. The van der Waals surface area contributed by atoms with E-state index in [1.54, 1.807) is 4.90 Å². The predicted octanol–water partition coefficient (Wildman–Crippen LogP) is 7.51. The number of piperidine rings is 1. The van der Waals surface area contributed by atoms with Gasteiger partial charge >= 0.3 is 0 Å². The van der Waals surface area contributed by atoms with E-state index in [2.05, 4.69) is 37.9 Å². The molecule has 304 valence electrons. The van der Waals surface area contributed by atoms with Crippen molar-refractivity contribution in [3.05, 3.63) is 0 Å². The van der Waals surface area contributed by atoms with Crippen LogP contribution in [0, 0.1) is 44.8 Å². The third-order valence-corrected chi connectivity index (χ3v) is 15.1. The summed E-state index contributed by atoms with van der Waals surface area (Å²) in [6.07, 6.45) is 9.94. The summed E-state index contributed by atoms with van der Waals surface area (Å²) in [5.74, 6) is -2.50. The van der Waals surface area contributed by atoms with Crippen molar-refractivity contribution in [3.8, 4) is 0 Å². The van der Waals surface area contributed by atoms with Gasteiger partial charge in [-0.15, -0.1) is 0 Å². The van der Waals surface area contributed by atoms with Gasteiger partial charge in [0.2, 0.25) is 17.6 Å². The van der Waals surface area contributed by atoms with Gasteiger partial charge in [-0.3, -0.25) is 33.7 Å². The van der Waals surface area contributed by atoms with Gasteiger partial charge in [-0.05, 0) is 99.3 Å². The van der Waals surface area contributed by atoms with Crippen LogP contribution in [0.25, 0.3) is 0 Å². The van der Waals surface area contributed by atoms with E-state index in [0.29, 0.717) is 31.7 Å². The summed E-state index contributed by atoms with van der Waals surface area (Å²) in [4.78, 5) is 88.5. The summed E-state index contributed by atoms with van der Waals surface area (Å²) in [7, 11) is 0. The first-order valence-electron chi connectivity index (χ1n) is 21.5. The molecular weight excluding hydrogens is 679 g/mol. The topological polar surface area (TPSA) is 121 Å². The van der Waals surface area contributed by atoms with E-state index < -0.39 is 40.5 Å². The van der Waals surface area contributed by atoms with Crippen LogP contribution in [-0.4, -0.2) is 82.0 Å². The number of Topliss-reactive ketones (excluding diaryl/α,β-unsaturated/α-hetero) is 4. The second-order valence-electron chi connectivity index (χ2n) is 21.2. The Bertz CT molecular complexity index is 1480. The molecule has 2 amide bonds. The van der Waals surface area contributed by atoms with Gasteiger partial charge in [-0.25, -0.2) is 0 Å². The van der Waals surface area contributed by atoms with Crippen molar-refractivity contribution in [2.24, 2.45) is 44.8 Å². The van der Waals surface area contributed by atoms with Gasteiger partial charge in [-0.1, -0.05) is 81.6 Å². The highest BCUT2D eigenvalue weighted by atomic mass is 16.2. The van der Waals surface area contributed by atoms with Gasteiger partial charge in [0.1, 0.15) is 0 Å². The Balaban J connectivity index is 1.41. The molecule has 2 saturated heterocycles. The van der Waals surface area contributed by atoms with Gasteiger partial charge in [0.05, 0.1) is 18.1 Å². The molecule has 3 saturated carbocycles. The van der Waals surface area contributed by atoms with Crippen molar-refractivity contribution in [3.63, 3.8) is 0 Å². The number of fused-ring (bicyclic) bond motifs is 1. The highest BCUT2D eigenvalue weighted by Crippen LogP contribution is 2.88. The Hall–Kier alpha value is -2.42. The van der Waals surface area contributed by atoms with Crippen molar-refractivity contribution in [1.82, 2.24) is 15.1 Å². The average Bonchev–Trinajstić information content (AvgIpc) is 3.89. The largest absolute Gasteiger partial charge is 0.344 e. The van der Waals surface area contributed by atoms with Crippen molar-refractivity contribution < 1.29 is 28.8 Å². The number of ketones is 4. The van der Waals surface area contributed by atoms with E-state index in [4.69, 9.17) is 0 Å². The Labute approximate surface area is 326 Å². The standard InChI is InChI=1S/C45H73N3O6/c1-12-16-30(37(52)35(50)23-29-18-19-29)24-34(49)33-26-45(43(10,11)44(45)20-15-21-44)27-48(33)40(54)31(41(4,5)6)25-36(51)38(42(7,8)9)46-39(53)32-17-13-14-22-47(32)28(2)3/h28-33,38H,12-27H2,1-11H3,(H,46,53)/t30-,31-,32-,33+,38-,45-/m1/s1. The number of hydrogen-bond donors (Lipinski definition) is 1. The number of carbonyl (C=O) groups excluding carboxylic acids is 6. The van der Waals surface area contributed by atoms with E-state index >= 15 is 4.79 Å². The zero-order valence-corrected chi connectivity index (χ0v) is 35.7. The molecule has 1 N–H and O–H groups in total. The van der Waals surface area contributed by atoms with E-state index in [-0.39, 0.29) is 76.8 Å². The van der Waals surface area contributed by atoms with Crippen LogP contribution in [0.3, 0.4) is 0 Å². The molecule has 2 spiro atoms. The number of hydrogen-bond acceptors (Lipinski definition) is 7. The lowest BCUT2D eigenvalue weighted by Crippen LogP contribution is -2.58. The van der Waals surface area contributed by atoms with Crippen LogP contribution in [0.2, 0.25) is 0 Å². The zero-order chi connectivity index (χ0) is 40.2. The third-order valence-electron chi connectivity index (χ3n) is 15.1. The Morgan fingerprint density at radius 3 is 1.96 bits per heavy atom. The van der Waals surface area contributed by atoms with E-state index in [9.17, 15) is 24.0 Å². The van der Waals surface area contributed by atoms with Crippen LogP contribution in [0.15, 0.2) is 0 Å². The molecule has 9 heteroatoms. The minimum atomic E-state index is -0.782. The lowest BCUT2D eigenvalue weighted by molar-refractivity contribution is -0.147. The summed E-state index contributed by atoms with van der Waals surface area (Å²) in [6.45, 7) is 23.9. The number of amides is 2. The molecule has 0 aromatic rings. The van der Waals surface area contributed by atoms with Crippen LogP contribution in [0.4, 0.5) is 0 Å². The second-order valence-corrected chi connectivity index (χ2v) is 21.2. The summed E-state index contributed by atoms with van der Waals surface area (Å²) in [5.41, 5.74) is -1.34. The molecule has 9 nitrogen and oxygen atoms in total. The Kier molecular flexibility index (Phi) is 12.3. The summed E-state index contributed by atoms with van der Waals surface area (Å²) < 4.78 is 0. The van der Waals surface area contributed by atoms with Gasteiger partial charge < -0.3 is 10.2 Å². The molecule has 0 aromatic carbocycles. The second kappa shape index (κ2) is 15.5. The van der Waals surface area contributed by atoms with Crippen LogP contribution in [0.5, 0.6) is 0 Å². The maximum atomic E-state index is 15.1. The average molecular weight is 752 g/mol. The highest BCUT2D eigenvalue weighted by Gasteiger charge is 2.85. The fourth-order valence-corrected chi connectivity index (χ4v) is 11.2.